The molecule has 1 aromatic carbocycles. The van der Waals surface area contributed by atoms with Crippen molar-refractivity contribution < 1.29 is 27.5 Å². The first-order chi connectivity index (χ1) is 16.7. The molecule has 1 unspecified atom stereocenters. The van der Waals surface area contributed by atoms with Crippen LogP contribution >= 0.6 is 0 Å². The zero-order valence-corrected chi connectivity index (χ0v) is 19.9. The number of amides is 2. The number of alkyl halides is 3. The van der Waals surface area contributed by atoms with Gasteiger partial charge in [-0.15, -0.1) is 0 Å². The van der Waals surface area contributed by atoms with Crippen molar-refractivity contribution in [1.82, 2.24) is 9.80 Å². The Bertz CT molecular complexity index is 993. The summed E-state index contributed by atoms with van der Waals surface area (Å²) >= 11 is 0. The summed E-state index contributed by atoms with van der Waals surface area (Å²) in [5, 5.41) is 9.08. The third-order valence-electron chi connectivity index (χ3n) is 7.70. The summed E-state index contributed by atoms with van der Waals surface area (Å²) in [6, 6.07) is 5.42. The van der Waals surface area contributed by atoms with Crippen molar-refractivity contribution in [2.45, 2.75) is 38.8 Å². The Morgan fingerprint density at radius 3 is 2.43 bits per heavy atom. The standard InChI is InChI=1S/C25H31F3N4O3/c1-2-35-16-22(33)32-15-21(23(34)31-9-3-4-10-31)24(17-32)7-11-30(12-8-24)19-6-5-18(14-29)20(13-19)25(26,27)28/h5-6,13,21H,2-4,7-12,15-17H2,1H3. The number of nitrogens with zero attached hydrogens (tertiary/aromatic N) is 4. The zero-order valence-electron chi connectivity index (χ0n) is 19.9. The van der Waals surface area contributed by atoms with E-state index in [9.17, 15) is 22.8 Å². The first kappa shape index (κ1) is 25.3. The second-order valence-electron chi connectivity index (χ2n) is 9.69. The van der Waals surface area contributed by atoms with Crippen molar-refractivity contribution in [3.8, 4) is 6.07 Å². The summed E-state index contributed by atoms with van der Waals surface area (Å²) in [7, 11) is 0. The number of halogens is 3. The van der Waals surface area contributed by atoms with Gasteiger partial charge in [0.15, 0.2) is 0 Å². The number of piperidine rings is 1. The molecular weight excluding hydrogens is 461 g/mol. The summed E-state index contributed by atoms with van der Waals surface area (Å²) in [6.07, 6.45) is -1.47. The van der Waals surface area contributed by atoms with Gasteiger partial charge in [0.1, 0.15) is 6.61 Å². The number of anilines is 1. The molecule has 0 N–H and O–H groups in total. The Labute approximate surface area is 203 Å². The average Bonchev–Trinajstić information content (AvgIpc) is 3.51. The van der Waals surface area contributed by atoms with Crippen LogP contribution in [0.2, 0.25) is 0 Å². The van der Waals surface area contributed by atoms with Crippen LogP contribution in [0.15, 0.2) is 18.2 Å². The molecule has 0 aliphatic carbocycles. The molecule has 3 aliphatic rings. The maximum Gasteiger partial charge on any atom is 0.417 e. The molecule has 1 aromatic rings. The van der Waals surface area contributed by atoms with E-state index in [-0.39, 0.29) is 24.3 Å². The summed E-state index contributed by atoms with van der Waals surface area (Å²) in [4.78, 5) is 31.7. The Kier molecular flexibility index (Phi) is 7.27. The van der Waals surface area contributed by atoms with Gasteiger partial charge in [-0.3, -0.25) is 9.59 Å². The Morgan fingerprint density at radius 2 is 1.83 bits per heavy atom. The lowest BCUT2D eigenvalue weighted by atomic mass is 9.70. The normalized spacial score (nSPS) is 22.0. The zero-order chi connectivity index (χ0) is 25.2. The van der Waals surface area contributed by atoms with Gasteiger partial charge >= 0.3 is 6.18 Å². The lowest BCUT2D eigenvalue weighted by Crippen LogP contribution is -2.49. The Balaban J connectivity index is 1.54. The van der Waals surface area contributed by atoms with Crippen LogP contribution in [0.3, 0.4) is 0 Å². The third-order valence-corrected chi connectivity index (χ3v) is 7.70. The van der Waals surface area contributed by atoms with Crippen LogP contribution in [0.25, 0.3) is 0 Å². The highest BCUT2D eigenvalue weighted by Crippen LogP contribution is 2.47. The Morgan fingerprint density at radius 1 is 1.14 bits per heavy atom. The van der Waals surface area contributed by atoms with E-state index in [2.05, 4.69) is 0 Å². The number of hydrogen-bond acceptors (Lipinski definition) is 5. The average molecular weight is 493 g/mol. The molecule has 1 atom stereocenters. The SMILES string of the molecule is CCOCC(=O)N1CC(C(=O)N2CCCC2)C2(CCN(c3ccc(C#N)c(C(F)(F)F)c3)CC2)C1. The van der Waals surface area contributed by atoms with Gasteiger partial charge in [0.25, 0.3) is 0 Å². The van der Waals surface area contributed by atoms with Crippen molar-refractivity contribution in [3.05, 3.63) is 29.3 Å². The highest BCUT2D eigenvalue weighted by Gasteiger charge is 2.53. The molecule has 0 radical (unpaired) electrons. The van der Waals surface area contributed by atoms with E-state index in [1.165, 1.54) is 6.07 Å². The number of carbonyl (C=O) groups is 2. The van der Waals surface area contributed by atoms with Gasteiger partial charge in [0.05, 0.1) is 23.1 Å². The molecule has 3 fully saturated rings. The van der Waals surface area contributed by atoms with Gasteiger partial charge in [0.2, 0.25) is 11.8 Å². The Hall–Kier alpha value is -2.80. The van der Waals surface area contributed by atoms with Crippen molar-refractivity contribution in [2.75, 3.05) is 57.4 Å². The number of nitriles is 1. The fourth-order valence-electron chi connectivity index (χ4n) is 5.72. The molecule has 3 saturated heterocycles. The minimum absolute atomic E-state index is 0.0191. The molecule has 0 aromatic heterocycles. The molecule has 0 bridgehead atoms. The van der Waals surface area contributed by atoms with Gasteiger partial charge in [0, 0.05) is 57.0 Å². The maximum atomic E-state index is 13.5. The molecule has 7 nitrogen and oxygen atoms in total. The third kappa shape index (κ3) is 5.10. The number of likely N-dealkylation sites (tertiary alicyclic amines) is 2. The molecule has 1 spiro atoms. The second-order valence-corrected chi connectivity index (χ2v) is 9.69. The monoisotopic (exact) mass is 492 g/mol. The molecule has 190 valence electrons. The second kappa shape index (κ2) is 10.1. The molecule has 3 aliphatic heterocycles. The van der Waals surface area contributed by atoms with E-state index in [0.717, 1.165) is 32.0 Å². The lowest BCUT2D eigenvalue weighted by Gasteiger charge is -2.43. The van der Waals surface area contributed by atoms with E-state index in [1.54, 1.807) is 17.0 Å². The molecule has 10 heteroatoms. The van der Waals surface area contributed by atoms with Gasteiger partial charge in [-0.25, -0.2) is 0 Å². The first-order valence-corrected chi connectivity index (χ1v) is 12.2. The van der Waals surface area contributed by atoms with Crippen LogP contribution in [-0.2, 0) is 20.5 Å². The first-order valence-electron chi connectivity index (χ1n) is 12.2. The fourth-order valence-corrected chi connectivity index (χ4v) is 5.72. The smallest absolute Gasteiger partial charge is 0.372 e. The number of benzene rings is 1. The van der Waals surface area contributed by atoms with E-state index in [0.29, 0.717) is 51.3 Å². The van der Waals surface area contributed by atoms with Gasteiger partial charge < -0.3 is 19.4 Å². The van der Waals surface area contributed by atoms with E-state index < -0.39 is 22.7 Å². The lowest BCUT2D eigenvalue weighted by molar-refractivity contribution is -0.139. The van der Waals surface area contributed by atoms with E-state index >= 15 is 0 Å². The van der Waals surface area contributed by atoms with Crippen LogP contribution < -0.4 is 4.90 Å². The fraction of sp³-hybridized carbons (Fsp3) is 0.640. The molecule has 35 heavy (non-hydrogen) atoms. The van der Waals surface area contributed by atoms with Crippen LogP contribution in [0, 0.1) is 22.7 Å². The number of hydrogen-bond donors (Lipinski definition) is 0. The van der Waals surface area contributed by atoms with Crippen molar-refractivity contribution in [3.63, 3.8) is 0 Å². The van der Waals surface area contributed by atoms with Crippen LogP contribution in [0.5, 0.6) is 0 Å². The number of rotatable bonds is 5. The van der Waals surface area contributed by atoms with Crippen LogP contribution in [0.4, 0.5) is 18.9 Å². The molecule has 4 rings (SSSR count). The molecular formula is C25H31F3N4O3. The largest absolute Gasteiger partial charge is 0.417 e. The van der Waals surface area contributed by atoms with E-state index in [1.807, 2.05) is 16.7 Å². The highest BCUT2D eigenvalue weighted by molar-refractivity contribution is 5.84. The minimum Gasteiger partial charge on any atom is -0.372 e. The number of carbonyl (C=O) groups excluding carboxylic acids is 2. The van der Waals surface area contributed by atoms with E-state index in [4.69, 9.17) is 10.00 Å². The molecule has 3 heterocycles. The summed E-state index contributed by atoms with van der Waals surface area (Å²) < 4.78 is 45.7. The van der Waals surface area contributed by atoms with Gasteiger partial charge in [-0.1, -0.05) is 0 Å². The van der Waals surface area contributed by atoms with Crippen molar-refractivity contribution in [1.29, 1.82) is 5.26 Å². The van der Waals surface area contributed by atoms with Crippen LogP contribution in [0.1, 0.15) is 43.7 Å². The van der Waals surface area contributed by atoms with Gasteiger partial charge in [-0.2, -0.15) is 18.4 Å². The summed E-state index contributed by atoms with van der Waals surface area (Å²) in [5.74, 6) is -0.368. The van der Waals surface area contributed by atoms with Gasteiger partial charge in [-0.05, 0) is 50.8 Å². The number of ether oxygens (including phenoxy) is 1. The quantitative estimate of drug-likeness (QED) is 0.631. The van der Waals surface area contributed by atoms with Crippen LogP contribution in [-0.4, -0.2) is 74.1 Å². The van der Waals surface area contributed by atoms with Crippen molar-refractivity contribution >= 4 is 17.5 Å². The highest BCUT2D eigenvalue weighted by atomic mass is 19.4. The van der Waals surface area contributed by atoms with Crippen molar-refractivity contribution in [2.24, 2.45) is 11.3 Å². The topological polar surface area (TPSA) is 76.9 Å². The predicted molar refractivity (Wildman–Crippen MR) is 122 cm³/mol. The molecule has 0 saturated carbocycles. The summed E-state index contributed by atoms with van der Waals surface area (Å²) in [5.41, 5.74) is -1.33. The molecule has 2 amide bonds. The maximum absolute atomic E-state index is 13.5. The minimum atomic E-state index is -4.61. The predicted octanol–water partition coefficient (Wildman–Crippen LogP) is 3.28. The summed E-state index contributed by atoms with van der Waals surface area (Å²) in [6.45, 7) is 5.46.